The van der Waals surface area contributed by atoms with Gasteiger partial charge < -0.3 is 10.2 Å². The zero-order valence-corrected chi connectivity index (χ0v) is 13.4. The molecule has 7 nitrogen and oxygen atoms in total. The Morgan fingerprint density at radius 1 is 1.46 bits per heavy atom. The lowest BCUT2D eigenvalue weighted by molar-refractivity contribution is 0.163. The summed E-state index contributed by atoms with van der Waals surface area (Å²) in [6.45, 7) is 1.97. The molecule has 0 radical (unpaired) electrons. The van der Waals surface area contributed by atoms with Gasteiger partial charge in [-0.3, -0.25) is 0 Å². The van der Waals surface area contributed by atoms with Gasteiger partial charge in [-0.1, -0.05) is 12.1 Å². The summed E-state index contributed by atoms with van der Waals surface area (Å²) in [6.07, 6.45) is 5.90. The number of piperidine rings is 1. The van der Waals surface area contributed by atoms with E-state index in [1.54, 1.807) is 12.4 Å². The van der Waals surface area contributed by atoms with Crippen molar-refractivity contribution in [2.75, 3.05) is 19.6 Å². The van der Waals surface area contributed by atoms with E-state index in [1.807, 2.05) is 27.8 Å². The minimum Gasteiger partial charge on any atom is -0.338 e. The van der Waals surface area contributed by atoms with Crippen LogP contribution in [-0.2, 0) is 6.42 Å². The van der Waals surface area contributed by atoms with E-state index in [0.29, 0.717) is 25.1 Å². The molecule has 1 N–H and O–H groups in total. The second-order valence-corrected chi connectivity index (χ2v) is 5.91. The summed E-state index contributed by atoms with van der Waals surface area (Å²) in [6, 6.07) is 9.74. The molecule has 1 atom stereocenters. The number of amides is 2. The normalized spacial score (nSPS) is 17.3. The fourth-order valence-corrected chi connectivity index (χ4v) is 2.98. The first-order valence-electron chi connectivity index (χ1n) is 8.12. The summed E-state index contributed by atoms with van der Waals surface area (Å²) < 4.78 is 1.83. The second kappa shape index (κ2) is 7.59. The Kier molecular flexibility index (Phi) is 5.06. The van der Waals surface area contributed by atoms with E-state index in [0.717, 1.165) is 24.9 Å². The molecule has 2 amide bonds. The van der Waals surface area contributed by atoms with Crippen LogP contribution >= 0.6 is 0 Å². The van der Waals surface area contributed by atoms with Gasteiger partial charge in [0, 0.05) is 19.6 Å². The van der Waals surface area contributed by atoms with Gasteiger partial charge in [-0.15, -0.1) is 0 Å². The fraction of sp³-hybridized carbons (Fsp3) is 0.412. The monoisotopic (exact) mass is 324 g/mol. The molecular formula is C17H20N6O. The van der Waals surface area contributed by atoms with Crippen molar-refractivity contribution in [2.45, 2.75) is 25.3 Å². The van der Waals surface area contributed by atoms with Crippen molar-refractivity contribution in [3.8, 4) is 6.07 Å². The van der Waals surface area contributed by atoms with Crippen LogP contribution in [0.2, 0.25) is 0 Å². The van der Waals surface area contributed by atoms with Crippen LogP contribution in [0.5, 0.6) is 0 Å². The number of rotatable bonds is 4. The second-order valence-electron chi connectivity index (χ2n) is 5.91. The molecule has 0 spiro atoms. The predicted molar refractivity (Wildman–Crippen MR) is 88.1 cm³/mol. The lowest BCUT2D eigenvalue weighted by Crippen LogP contribution is -2.46. The number of likely N-dealkylation sites (tertiary alicyclic amines) is 1. The van der Waals surface area contributed by atoms with Gasteiger partial charge in [0.1, 0.15) is 12.7 Å². The molecule has 7 heteroatoms. The average Bonchev–Trinajstić information content (AvgIpc) is 3.17. The van der Waals surface area contributed by atoms with Crippen LogP contribution < -0.4 is 5.32 Å². The van der Waals surface area contributed by atoms with Crippen molar-refractivity contribution in [3.05, 3.63) is 48.0 Å². The summed E-state index contributed by atoms with van der Waals surface area (Å²) in [5.74, 6) is 0. The smallest absolute Gasteiger partial charge is 0.317 e. The Balaban J connectivity index is 1.48. The zero-order chi connectivity index (χ0) is 16.8. The topological polar surface area (TPSA) is 86.8 Å². The van der Waals surface area contributed by atoms with E-state index in [1.165, 1.54) is 6.33 Å². The third-order valence-corrected chi connectivity index (χ3v) is 4.24. The van der Waals surface area contributed by atoms with Gasteiger partial charge in [0.2, 0.25) is 0 Å². The SMILES string of the molecule is N#Cc1cccc(CCNC(=O)N2CCC[C@@H](n3cncn3)C2)c1. The molecule has 1 saturated heterocycles. The summed E-state index contributed by atoms with van der Waals surface area (Å²) in [7, 11) is 0. The fourth-order valence-electron chi connectivity index (χ4n) is 2.98. The Labute approximate surface area is 140 Å². The molecule has 0 unspecified atom stereocenters. The van der Waals surface area contributed by atoms with Gasteiger partial charge >= 0.3 is 6.03 Å². The van der Waals surface area contributed by atoms with E-state index < -0.39 is 0 Å². The first-order chi connectivity index (χ1) is 11.8. The standard InChI is InChI=1S/C17H20N6O/c18-10-15-4-1-3-14(9-15)6-7-20-17(24)22-8-2-5-16(11-22)23-13-19-12-21-23/h1,3-4,9,12-13,16H,2,5-8,11H2,(H,20,24)/t16-/m1/s1. The molecule has 0 aliphatic carbocycles. The van der Waals surface area contributed by atoms with Crippen LogP contribution in [0.25, 0.3) is 0 Å². The average molecular weight is 324 g/mol. The number of nitrogens with one attached hydrogen (secondary N) is 1. The Morgan fingerprint density at radius 2 is 2.38 bits per heavy atom. The maximum Gasteiger partial charge on any atom is 0.317 e. The van der Waals surface area contributed by atoms with Crippen LogP contribution in [0.4, 0.5) is 4.79 Å². The number of carbonyl (C=O) groups is 1. The van der Waals surface area contributed by atoms with Gasteiger partial charge in [0.15, 0.2) is 0 Å². The molecule has 2 aromatic rings. The quantitative estimate of drug-likeness (QED) is 0.928. The Bertz CT molecular complexity index is 721. The molecule has 1 aromatic heterocycles. The number of carbonyl (C=O) groups excluding carboxylic acids is 1. The summed E-state index contributed by atoms with van der Waals surface area (Å²) in [4.78, 5) is 18.2. The number of hydrogen-bond acceptors (Lipinski definition) is 4. The molecule has 0 saturated carbocycles. The number of hydrogen-bond donors (Lipinski definition) is 1. The van der Waals surface area contributed by atoms with Crippen molar-refractivity contribution in [1.82, 2.24) is 25.0 Å². The summed E-state index contributed by atoms with van der Waals surface area (Å²) >= 11 is 0. The van der Waals surface area contributed by atoms with Gasteiger partial charge in [0.25, 0.3) is 0 Å². The van der Waals surface area contributed by atoms with Gasteiger partial charge in [-0.2, -0.15) is 10.4 Å². The van der Waals surface area contributed by atoms with Crippen molar-refractivity contribution in [3.63, 3.8) is 0 Å². The van der Waals surface area contributed by atoms with E-state index in [2.05, 4.69) is 21.5 Å². The van der Waals surface area contributed by atoms with Gasteiger partial charge in [-0.05, 0) is 37.0 Å². The highest BCUT2D eigenvalue weighted by atomic mass is 16.2. The minimum atomic E-state index is -0.0451. The lowest BCUT2D eigenvalue weighted by atomic mass is 10.1. The van der Waals surface area contributed by atoms with E-state index in [9.17, 15) is 4.79 Å². The van der Waals surface area contributed by atoms with Gasteiger partial charge in [-0.25, -0.2) is 14.5 Å². The van der Waals surface area contributed by atoms with Crippen LogP contribution in [0.15, 0.2) is 36.9 Å². The van der Waals surface area contributed by atoms with Crippen molar-refractivity contribution in [2.24, 2.45) is 0 Å². The number of urea groups is 1. The highest BCUT2D eigenvalue weighted by molar-refractivity contribution is 5.74. The minimum absolute atomic E-state index is 0.0451. The molecule has 24 heavy (non-hydrogen) atoms. The maximum absolute atomic E-state index is 12.3. The third-order valence-electron chi connectivity index (χ3n) is 4.24. The van der Waals surface area contributed by atoms with Crippen molar-refractivity contribution in [1.29, 1.82) is 5.26 Å². The van der Waals surface area contributed by atoms with Crippen LogP contribution in [0.3, 0.4) is 0 Å². The first-order valence-corrected chi connectivity index (χ1v) is 8.12. The summed E-state index contributed by atoms with van der Waals surface area (Å²) in [5, 5.41) is 16.0. The highest BCUT2D eigenvalue weighted by Gasteiger charge is 2.24. The molecule has 3 rings (SSSR count). The first kappa shape index (κ1) is 16.0. The van der Waals surface area contributed by atoms with Crippen LogP contribution in [0.1, 0.15) is 30.0 Å². The summed E-state index contributed by atoms with van der Waals surface area (Å²) in [5.41, 5.74) is 1.69. The molecule has 1 fully saturated rings. The maximum atomic E-state index is 12.3. The molecule has 1 aromatic carbocycles. The third kappa shape index (κ3) is 3.90. The molecule has 1 aliphatic heterocycles. The van der Waals surface area contributed by atoms with E-state index >= 15 is 0 Å². The molecule has 124 valence electrons. The van der Waals surface area contributed by atoms with Crippen LogP contribution in [0, 0.1) is 11.3 Å². The van der Waals surface area contributed by atoms with Crippen LogP contribution in [-0.4, -0.2) is 45.3 Å². The number of nitriles is 1. The number of aromatic nitrogens is 3. The molecule has 2 heterocycles. The zero-order valence-electron chi connectivity index (χ0n) is 13.4. The van der Waals surface area contributed by atoms with Crippen molar-refractivity contribution < 1.29 is 4.79 Å². The molecule has 0 bridgehead atoms. The molecular weight excluding hydrogens is 304 g/mol. The highest BCUT2D eigenvalue weighted by Crippen LogP contribution is 2.20. The van der Waals surface area contributed by atoms with Gasteiger partial charge in [0.05, 0.1) is 17.7 Å². The van der Waals surface area contributed by atoms with Crippen molar-refractivity contribution >= 4 is 6.03 Å². The van der Waals surface area contributed by atoms with E-state index in [4.69, 9.17) is 5.26 Å². The largest absolute Gasteiger partial charge is 0.338 e. The lowest BCUT2D eigenvalue weighted by Gasteiger charge is -2.32. The Morgan fingerprint density at radius 3 is 3.17 bits per heavy atom. The Hall–Kier alpha value is -2.88. The molecule has 1 aliphatic rings. The predicted octanol–water partition coefficient (Wildman–Crippen LogP) is 1.74. The number of benzene rings is 1. The van der Waals surface area contributed by atoms with E-state index in [-0.39, 0.29) is 12.1 Å². The number of nitrogens with zero attached hydrogens (tertiary/aromatic N) is 5.